The molecule has 0 radical (unpaired) electrons. The van der Waals surface area contributed by atoms with Gasteiger partial charge in [-0.1, -0.05) is 57.2 Å². The number of likely N-dealkylation sites (tertiary alicyclic amines) is 1. The minimum atomic E-state index is -1.27. The smallest absolute Gasteiger partial charge is 0.332 e. The molecule has 2 N–H and O–H groups in total. The van der Waals surface area contributed by atoms with Gasteiger partial charge in [0.05, 0.1) is 43.8 Å². The molecule has 1 saturated heterocycles. The van der Waals surface area contributed by atoms with E-state index >= 15 is 0 Å². The molecule has 2 heterocycles. The summed E-state index contributed by atoms with van der Waals surface area (Å²) in [5.41, 5.74) is 0.205. The van der Waals surface area contributed by atoms with Gasteiger partial charge in [-0.25, -0.2) is 9.78 Å². The van der Waals surface area contributed by atoms with E-state index in [2.05, 4.69) is 11.9 Å². The summed E-state index contributed by atoms with van der Waals surface area (Å²) < 4.78 is 17.4. The van der Waals surface area contributed by atoms with Crippen molar-refractivity contribution in [1.29, 1.82) is 0 Å². The number of fused-ring (bicyclic) bond motifs is 1. The van der Waals surface area contributed by atoms with Crippen molar-refractivity contribution >= 4 is 34.7 Å². The highest BCUT2D eigenvalue weighted by molar-refractivity contribution is 5.96. The van der Waals surface area contributed by atoms with Crippen molar-refractivity contribution < 1.29 is 38.5 Å². The van der Waals surface area contributed by atoms with Gasteiger partial charge in [-0.3, -0.25) is 14.4 Å². The number of hydrogen-bond acceptors (Lipinski definition) is 8. The van der Waals surface area contributed by atoms with Crippen LogP contribution in [0.4, 0.5) is 0 Å². The lowest BCUT2D eigenvalue weighted by Crippen LogP contribution is -2.55. The molecule has 3 aromatic rings. The molecule has 254 valence electrons. The number of carbonyl (C=O) groups excluding carboxylic acids is 3. The Morgan fingerprint density at radius 3 is 2.48 bits per heavy atom. The van der Waals surface area contributed by atoms with Gasteiger partial charge >= 0.3 is 11.9 Å². The number of aliphatic carboxylic acids is 1. The second-order valence-corrected chi connectivity index (χ2v) is 13.5. The quantitative estimate of drug-likeness (QED) is 0.203. The van der Waals surface area contributed by atoms with Crippen LogP contribution in [-0.2, 0) is 23.9 Å². The second kappa shape index (κ2) is 13.7. The summed E-state index contributed by atoms with van der Waals surface area (Å²) in [5.74, 6) is -2.77. The third kappa shape index (κ3) is 7.00. The maximum absolute atomic E-state index is 14.2. The van der Waals surface area contributed by atoms with Crippen molar-refractivity contribution in [3.63, 3.8) is 0 Å². The lowest BCUT2D eigenvalue weighted by molar-refractivity contribution is -0.152. The number of nitrogens with one attached hydrogen (secondary N) is 1. The van der Waals surface area contributed by atoms with Crippen LogP contribution in [-0.4, -0.2) is 76.7 Å². The Kier molecular flexibility index (Phi) is 9.79. The number of carbonyl (C=O) groups is 4. The molecule has 2 amide bonds. The van der Waals surface area contributed by atoms with E-state index in [1.807, 2.05) is 48.5 Å². The van der Waals surface area contributed by atoms with Crippen LogP contribution in [0.2, 0.25) is 0 Å². The first-order chi connectivity index (χ1) is 22.8. The minimum absolute atomic E-state index is 0.0288. The van der Waals surface area contributed by atoms with Gasteiger partial charge in [0.1, 0.15) is 29.2 Å². The summed E-state index contributed by atoms with van der Waals surface area (Å²) in [4.78, 5) is 59.4. The molecule has 48 heavy (non-hydrogen) atoms. The van der Waals surface area contributed by atoms with E-state index in [0.29, 0.717) is 34.5 Å². The first kappa shape index (κ1) is 34.4. The molecular weight excluding hydrogens is 614 g/mol. The van der Waals surface area contributed by atoms with Crippen LogP contribution in [0.5, 0.6) is 11.5 Å². The number of methoxy groups -OCH3 is 1. The fourth-order valence-electron chi connectivity index (χ4n) is 6.42. The number of rotatable bonds is 12. The molecule has 1 aromatic heterocycles. The van der Waals surface area contributed by atoms with Crippen LogP contribution >= 0.6 is 0 Å². The van der Waals surface area contributed by atoms with Gasteiger partial charge in [-0.2, -0.15) is 0 Å². The van der Waals surface area contributed by atoms with Gasteiger partial charge in [-0.05, 0) is 30.9 Å². The Balaban J connectivity index is 1.51. The number of carboxylic acid groups (broad SMARTS) is 1. The average Bonchev–Trinajstić information content (AvgIpc) is 3.61. The number of ether oxygens (including phenoxy) is 3. The van der Waals surface area contributed by atoms with Crippen molar-refractivity contribution in [2.24, 2.45) is 17.3 Å². The van der Waals surface area contributed by atoms with E-state index in [1.165, 1.54) is 4.90 Å². The molecule has 1 aliphatic heterocycles. The fourth-order valence-corrected chi connectivity index (χ4v) is 6.42. The molecule has 5 atom stereocenters. The van der Waals surface area contributed by atoms with Crippen LogP contribution in [0.25, 0.3) is 22.2 Å². The van der Waals surface area contributed by atoms with Crippen molar-refractivity contribution in [2.75, 3.05) is 20.3 Å². The highest BCUT2D eigenvalue weighted by Gasteiger charge is 2.62. The number of benzene rings is 2. The third-order valence-corrected chi connectivity index (χ3v) is 9.20. The molecule has 2 aliphatic rings. The van der Waals surface area contributed by atoms with Gasteiger partial charge in [0.15, 0.2) is 0 Å². The summed E-state index contributed by atoms with van der Waals surface area (Å²) in [6.07, 6.45) is 1.01. The zero-order valence-corrected chi connectivity index (χ0v) is 28.0. The van der Waals surface area contributed by atoms with E-state index in [-0.39, 0.29) is 25.5 Å². The molecule has 2 aromatic carbocycles. The summed E-state index contributed by atoms with van der Waals surface area (Å²) in [6, 6.07) is 15.9. The van der Waals surface area contributed by atoms with E-state index in [1.54, 1.807) is 46.9 Å². The van der Waals surface area contributed by atoms with E-state index in [9.17, 15) is 24.3 Å². The maximum atomic E-state index is 14.2. The predicted molar refractivity (Wildman–Crippen MR) is 179 cm³/mol. The van der Waals surface area contributed by atoms with Crippen LogP contribution < -0.4 is 14.8 Å². The fraction of sp³-hybridized carbons (Fsp3) is 0.432. The van der Waals surface area contributed by atoms with Crippen LogP contribution in [0, 0.1) is 17.3 Å². The zero-order valence-electron chi connectivity index (χ0n) is 28.0. The standard InChI is InChI=1S/C37H43N3O8/c1-7-23-20-37(23,35(45)47-8-2)39-33(43)30-17-25(21-40(30)34(44)27(18-32(41)42)36(3,4)5)48-31-19-28(22-12-10-9-11-13-22)38-29-16-24(46-6)14-15-26(29)31/h7,9-16,19,23,25,27,30H,1,8,17-18,20-21H2,2-6H3,(H,39,43)(H,41,42)/t23?,25-,27-,30+,37?/m1/s1. The summed E-state index contributed by atoms with van der Waals surface area (Å²) in [5, 5.41) is 13.3. The molecule has 11 nitrogen and oxygen atoms in total. The van der Waals surface area contributed by atoms with Crippen molar-refractivity contribution in [1.82, 2.24) is 15.2 Å². The van der Waals surface area contributed by atoms with Crippen molar-refractivity contribution in [3.8, 4) is 22.8 Å². The normalized spacial score (nSPS) is 22.4. The van der Waals surface area contributed by atoms with E-state index in [0.717, 1.165) is 5.56 Å². The van der Waals surface area contributed by atoms with Gasteiger partial charge in [-0.15, -0.1) is 6.58 Å². The first-order valence-electron chi connectivity index (χ1n) is 16.2. The molecule has 1 aliphatic carbocycles. The van der Waals surface area contributed by atoms with E-state index in [4.69, 9.17) is 19.2 Å². The lowest BCUT2D eigenvalue weighted by atomic mass is 9.77. The van der Waals surface area contributed by atoms with E-state index < -0.39 is 59.2 Å². The Labute approximate surface area is 280 Å². The van der Waals surface area contributed by atoms with Gasteiger partial charge in [0.25, 0.3) is 0 Å². The largest absolute Gasteiger partial charge is 0.497 e. The Morgan fingerprint density at radius 1 is 1.15 bits per heavy atom. The second-order valence-electron chi connectivity index (χ2n) is 13.5. The molecular formula is C37H43N3O8. The molecule has 0 spiro atoms. The van der Waals surface area contributed by atoms with Gasteiger partial charge in [0.2, 0.25) is 11.8 Å². The monoisotopic (exact) mass is 657 g/mol. The summed E-state index contributed by atoms with van der Waals surface area (Å²) in [7, 11) is 1.58. The Bertz CT molecular complexity index is 1720. The predicted octanol–water partition coefficient (Wildman–Crippen LogP) is 5.02. The third-order valence-electron chi connectivity index (χ3n) is 9.20. The number of amides is 2. The number of nitrogens with zero attached hydrogens (tertiary/aromatic N) is 2. The van der Waals surface area contributed by atoms with Crippen molar-refractivity contribution in [2.45, 2.75) is 64.6 Å². The van der Waals surface area contributed by atoms with Crippen molar-refractivity contribution in [3.05, 3.63) is 67.3 Å². The zero-order chi connectivity index (χ0) is 34.8. The highest BCUT2D eigenvalue weighted by Crippen LogP contribution is 2.46. The topological polar surface area (TPSA) is 144 Å². The van der Waals surface area contributed by atoms with Crippen LogP contribution in [0.3, 0.4) is 0 Å². The van der Waals surface area contributed by atoms with Crippen LogP contribution in [0.15, 0.2) is 67.3 Å². The average molecular weight is 658 g/mol. The van der Waals surface area contributed by atoms with Crippen LogP contribution in [0.1, 0.15) is 47.0 Å². The lowest BCUT2D eigenvalue weighted by Gasteiger charge is -2.34. The molecule has 1 saturated carbocycles. The minimum Gasteiger partial charge on any atom is -0.497 e. The SMILES string of the molecule is C=CC1CC1(NC(=O)[C@@H]1C[C@@H](Oc2cc(-c3ccccc3)nc3cc(OC)ccc23)CN1C(=O)[C@@H](CC(=O)O)C(C)(C)C)C(=O)OCC. The molecule has 2 unspecified atom stereocenters. The Morgan fingerprint density at radius 2 is 1.88 bits per heavy atom. The highest BCUT2D eigenvalue weighted by atomic mass is 16.5. The summed E-state index contributed by atoms with van der Waals surface area (Å²) in [6.45, 7) is 11.1. The molecule has 5 rings (SSSR count). The number of carboxylic acids is 1. The maximum Gasteiger partial charge on any atom is 0.332 e. The number of pyridine rings is 1. The summed E-state index contributed by atoms with van der Waals surface area (Å²) >= 11 is 0. The molecule has 0 bridgehead atoms. The molecule has 11 heteroatoms. The van der Waals surface area contributed by atoms with Gasteiger partial charge < -0.3 is 29.5 Å². The number of esters is 1. The molecule has 2 fully saturated rings. The van der Waals surface area contributed by atoms with Gasteiger partial charge in [0, 0.05) is 35.4 Å². The number of hydrogen-bond donors (Lipinski definition) is 2. The Hall–Kier alpha value is -4.93. The number of aromatic nitrogens is 1. The first-order valence-corrected chi connectivity index (χ1v) is 16.2.